The molecule has 0 bridgehead atoms. The third-order valence-corrected chi connectivity index (χ3v) is 2.59. The van der Waals surface area contributed by atoms with Crippen molar-refractivity contribution < 1.29 is 14.6 Å². The molecule has 0 amide bonds. The van der Waals surface area contributed by atoms with E-state index in [4.69, 9.17) is 33.0 Å². The van der Waals surface area contributed by atoms with Crippen LogP contribution in [0.25, 0.3) is 0 Å². The largest absolute Gasteiger partial charge is 0.482 e. The van der Waals surface area contributed by atoms with Crippen molar-refractivity contribution in [2.24, 2.45) is 0 Å². The lowest BCUT2D eigenvalue weighted by molar-refractivity contribution is -0.139. The van der Waals surface area contributed by atoms with Crippen molar-refractivity contribution >= 4 is 34.9 Å². The van der Waals surface area contributed by atoms with Crippen LogP contribution in [-0.2, 0) is 4.79 Å². The number of carboxylic acid groups (broad SMARTS) is 1. The van der Waals surface area contributed by atoms with Gasteiger partial charge in [0.1, 0.15) is 5.75 Å². The maximum absolute atomic E-state index is 10.4. The molecule has 0 unspecified atom stereocenters. The van der Waals surface area contributed by atoms with E-state index in [9.17, 15) is 4.79 Å². The van der Waals surface area contributed by atoms with E-state index in [-0.39, 0.29) is 6.61 Å². The van der Waals surface area contributed by atoms with Gasteiger partial charge in [-0.1, -0.05) is 6.07 Å². The zero-order chi connectivity index (χ0) is 13.4. The molecule has 6 heteroatoms. The summed E-state index contributed by atoms with van der Waals surface area (Å²) in [6.45, 7) is 1.00. The Morgan fingerprint density at radius 2 is 1.94 bits per heavy atom. The maximum Gasteiger partial charge on any atom is 0.341 e. The Morgan fingerprint density at radius 3 is 2.50 bits per heavy atom. The number of ether oxygens (including phenoxy) is 1. The van der Waals surface area contributed by atoms with Crippen molar-refractivity contribution in [2.45, 2.75) is 0 Å². The molecule has 0 radical (unpaired) electrons. The molecule has 1 aromatic rings. The Kier molecular flexibility index (Phi) is 6.68. The standard InChI is InChI=1S/C12H15Cl2NO3/c13-4-6-15(7-5-14)10-2-1-3-11(8-10)18-9-12(16)17/h1-3,8H,4-7,9H2,(H,16,17). The van der Waals surface area contributed by atoms with Crippen LogP contribution in [0.5, 0.6) is 5.75 Å². The van der Waals surface area contributed by atoms with Crippen LogP contribution in [0.3, 0.4) is 0 Å². The van der Waals surface area contributed by atoms with Crippen LogP contribution in [0.2, 0.25) is 0 Å². The van der Waals surface area contributed by atoms with E-state index in [0.717, 1.165) is 5.69 Å². The number of nitrogens with zero attached hydrogens (tertiary/aromatic N) is 1. The zero-order valence-corrected chi connectivity index (χ0v) is 11.3. The van der Waals surface area contributed by atoms with E-state index in [0.29, 0.717) is 30.6 Å². The highest BCUT2D eigenvalue weighted by Crippen LogP contribution is 2.21. The minimum Gasteiger partial charge on any atom is -0.482 e. The Hall–Kier alpha value is -1.13. The molecule has 0 saturated carbocycles. The number of aliphatic carboxylic acids is 1. The number of carboxylic acids is 1. The second-order valence-corrected chi connectivity index (χ2v) is 4.30. The molecular formula is C12H15Cl2NO3. The number of hydrogen-bond donors (Lipinski definition) is 1. The molecule has 18 heavy (non-hydrogen) atoms. The van der Waals surface area contributed by atoms with Gasteiger partial charge in [0.15, 0.2) is 6.61 Å². The molecule has 0 spiro atoms. The number of carbonyl (C=O) groups is 1. The highest BCUT2D eigenvalue weighted by atomic mass is 35.5. The zero-order valence-electron chi connectivity index (χ0n) is 9.81. The maximum atomic E-state index is 10.4. The van der Waals surface area contributed by atoms with E-state index in [1.54, 1.807) is 12.1 Å². The summed E-state index contributed by atoms with van der Waals surface area (Å²) in [5, 5.41) is 8.55. The summed E-state index contributed by atoms with van der Waals surface area (Å²) in [5.41, 5.74) is 0.916. The highest BCUT2D eigenvalue weighted by molar-refractivity contribution is 6.18. The molecule has 0 aliphatic carbocycles. The molecule has 0 aliphatic heterocycles. The molecular weight excluding hydrogens is 277 g/mol. The van der Waals surface area contributed by atoms with Gasteiger partial charge in [-0.15, -0.1) is 23.2 Å². The quantitative estimate of drug-likeness (QED) is 0.748. The number of rotatable bonds is 8. The van der Waals surface area contributed by atoms with Gasteiger partial charge in [-0.3, -0.25) is 0 Å². The number of benzene rings is 1. The second kappa shape index (κ2) is 8.06. The normalized spacial score (nSPS) is 10.1. The number of hydrogen-bond acceptors (Lipinski definition) is 3. The van der Waals surface area contributed by atoms with Gasteiger partial charge >= 0.3 is 5.97 Å². The van der Waals surface area contributed by atoms with Gasteiger partial charge < -0.3 is 14.7 Å². The molecule has 0 saturated heterocycles. The fourth-order valence-corrected chi connectivity index (χ4v) is 1.90. The molecule has 0 fully saturated rings. The summed E-state index contributed by atoms with van der Waals surface area (Å²) >= 11 is 11.5. The van der Waals surface area contributed by atoms with Crippen molar-refractivity contribution in [3.63, 3.8) is 0 Å². The smallest absolute Gasteiger partial charge is 0.341 e. The minimum absolute atomic E-state index is 0.353. The van der Waals surface area contributed by atoms with Crippen LogP contribution in [0.15, 0.2) is 24.3 Å². The number of halogens is 2. The molecule has 1 aromatic carbocycles. The van der Waals surface area contributed by atoms with Crippen LogP contribution in [0.4, 0.5) is 5.69 Å². The molecule has 1 N–H and O–H groups in total. The summed E-state index contributed by atoms with van der Waals surface area (Å²) in [7, 11) is 0. The Labute approximate surface area is 116 Å². The number of anilines is 1. The van der Waals surface area contributed by atoms with E-state index >= 15 is 0 Å². The third-order valence-electron chi connectivity index (χ3n) is 2.25. The average molecular weight is 292 g/mol. The summed E-state index contributed by atoms with van der Waals surface area (Å²) in [6.07, 6.45) is 0. The lowest BCUT2D eigenvalue weighted by Crippen LogP contribution is -2.27. The molecule has 4 nitrogen and oxygen atoms in total. The van der Waals surface area contributed by atoms with E-state index in [2.05, 4.69) is 0 Å². The van der Waals surface area contributed by atoms with Crippen LogP contribution in [0, 0.1) is 0 Å². The third kappa shape index (κ3) is 5.02. The first kappa shape index (κ1) is 14.9. The highest BCUT2D eigenvalue weighted by Gasteiger charge is 2.07. The van der Waals surface area contributed by atoms with Crippen LogP contribution < -0.4 is 9.64 Å². The first-order valence-corrected chi connectivity index (χ1v) is 6.56. The van der Waals surface area contributed by atoms with Gasteiger partial charge in [-0.2, -0.15) is 0 Å². The fraction of sp³-hybridized carbons (Fsp3) is 0.417. The van der Waals surface area contributed by atoms with Crippen LogP contribution in [-0.4, -0.2) is 42.5 Å². The summed E-state index contributed by atoms with van der Waals surface area (Å²) in [6, 6.07) is 7.21. The van der Waals surface area contributed by atoms with Crippen LogP contribution in [0.1, 0.15) is 0 Å². The first-order valence-electron chi connectivity index (χ1n) is 5.49. The molecule has 0 aliphatic rings. The first-order chi connectivity index (χ1) is 8.67. The molecule has 100 valence electrons. The summed E-state index contributed by atoms with van der Waals surface area (Å²) in [4.78, 5) is 12.4. The molecule has 0 heterocycles. The number of alkyl halides is 2. The van der Waals surface area contributed by atoms with Crippen LogP contribution >= 0.6 is 23.2 Å². The van der Waals surface area contributed by atoms with Crippen molar-refractivity contribution in [1.29, 1.82) is 0 Å². The summed E-state index contributed by atoms with van der Waals surface area (Å²) < 4.78 is 5.12. The predicted octanol–water partition coefficient (Wildman–Crippen LogP) is 2.43. The SMILES string of the molecule is O=C(O)COc1cccc(N(CCCl)CCCl)c1. The predicted molar refractivity (Wildman–Crippen MR) is 73.2 cm³/mol. The van der Waals surface area contributed by atoms with Gasteiger partial charge in [0.25, 0.3) is 0 Å². The Bertz CT molecular complexity index is 381. The van der Waals surface area contributed by atoms with Crippen molar-refractivity contribution in [3.05, 3.63) is 24.3 Å². The van der Waals surface area contributed by atoms with E-state index in [1.807, 2.05) is 17.0 Å². The average Bonchev–Trinajstić information content (AvgIpc) is 2.36. The topological polar surface area (TPSA) is 49.8 Å². The van der Waals surface area contributed by atoms with Crippen molar-refractivity contribution in [2.75, 3.05) is 36.4 Å². The Morgan fingerprint density at radius 1 is 1.28 bits per heavy atom. The molecule has 0 aromatic heterocycles. The minimum atomic E-state index is -1.00. The second-order valence-electron chi connectivity index (χ2n) is 3.54. The van der Waals surface area contributed by atoms with Crippen molar-refractivity contribution in [1.82, 2.24) is 0 Å². The van der Waals surface area contributed by atoms with Crippen molar-refractivity contribution in [3.8, 4) is 5.75 Å². The summed E-state index contributed by atoms with van der Waals surface area (Å²) in [5.74, 6) is 0.511. The van der Waals surface area contributed by atoms with E-state index < -0.39 is 5.97 Å². The van der Waals surface area contributed by atoms with Gasteiger partial charge in [0, 0.05) is 36.6 Å². The molecule has 0 atom stereocenters. The lowest BCUT2D eigenvalue weighted by Gasteiger charge is -2.23. The monoisotopic (exact) mass is 291 g/mol. The van der Waals surface area contributed by atoms with E-state index in [1.165, 1.54) is 0 Å². The van der Waals surface area contributed by atoms with Gasteiger partial charge in [-0.25, -0.2) is 4.79 Å². The van der Waals surface area contributed by atoms with Gasteiger partial charge in [-0.05, 0) is 12.1 Å². The molecule has 1 rings (SSSR count). The Balaban J connectivity index is 2.74. The lowest BCUT2D eigenvalue weighted by atomic mass is 10.2. The van der Waals surface area contributed by atoms with Gasteiger partial charge in [0.2, 0.25) is 0 Å². The fourth-order valence-electron chi connectivity index (χ4n) is 1.49. The van der Waals surface area contributed by atoms with Gasteiger partial charge in [0.05, 0.1) is 0 Å².